The third-order valence-electron chi connectivity index (χ3n) is 7.71. The minimum absolute atomic E-state index is 0. The first-order chi connectivity index (χ1) is 20.1. The number of ether oxygens (including phenoxy) is 3. The topological polar surface area (TPSA) is 86.1 Å². The number of piperazine rings is 1. The Morgan fingerprint density at radius 1 is 0.976 bits per heavy atom. The van der Waals surface area contributed by atoms with Crippen LogP contribution >= 0.6 is 11.3 Å². The van der Waals surface area contributed by atoms with Gasteiger partial charge in [-0.1, -0.05) is 37.8 Å². The Hall–Kier alpha value is -4.41. The van der Waals surface area contributed by atoms with Crippen molar-refractivity contribution in [1.82, 2.24) is 19.4 Å². The summed E-state index contributed by atoms with van der Waals surface area (Å²) in [6.07, 6.45) is 1.72. The van der Waals surface area contributed by atoms with Crippen LogP contribution in [0.25, 0.3) is 21.0 Å². The zero-order valence-corrected chi connectivity index (χ0v) is 23.4. The fraction of sp³-hybridized carbons (Fsp3) is 0.281. The smallest absolute Gasteiger partial charge is 0.267 e. The number of fused-ring (bicyclic) bond motifs is 4. The number of carbonyl (C=O) groups excluding carboxylic acids is 1. The summed E-state index contributed by atoms with van der Waals surface area (Å²) in [6.45, 7) is 4.02. The van der Waals surface area contributed by atoms with Gasteiger partial charge in [0.2, 0.25) is 6.79 Å². The van der Waals surface area contributed by atoms with Crippen LogP contribution in [0, 0.1) is 0 Å². The SMILES string of the molecule is C.COc1c(C(=O)N2CCN(Cc3ccc4c(c3)OCO4)CC2)sc2c1c(=O)n(Cc1ccccn1)c1ccccc21. The van der Waals surface area contributed by atoms with Gasteiger partial charge in [-0.2, -0.15) is 0 Å². The molecule has 0 atom stereocenters. The van der Waals surface area contributed by atoms with Crippen molar-refractivity contribution in [3.63, 3.8) is 0 Å². The van der Waals surface area contributed by atoms with Crippen LogP contribution in [0.5, 0.6) is 17.2 Å². The van der Waals surface area contributed by atoms with E-state index < -0.39 is 0 Å². The maximum atomic E-state index is 13.9. The summed E-state index contributed by atoms with van der Waals surface area (Å²) in [7, 11) is 1.53. The van der Waals surface area contributed by atoms with Crippen molar-refractivity contribution in [2.75, 3.05) is 40.1 Å². The fourth-order valence-electron chi connectivity index (χ4n) is 5.64. The van der Waals surface area contributed by atoms with Crippen LogP contribution in [0.1, 0.15) is 28.4 Å². The molecule has 216 valence electrons. The number of hydrogen-bond donors (Lipinski definition) is 0. The molecule has 0 spiro atoms. The van der Waals surface area contributed by atoms with Crippen molar-refractivity contribution in [2.24, 2.45) is 0 Å². The van der Waals surface area contributed by atoms with Crippen molar-refractivity contribution >= 4 is 38.2 Å². The van der Waals surface area contributed by atoms with Gasteiger partial charge in [-0.05, 0) is 35.9 Å². The molecule has 7 rings (SSSR count). The molecule has 1 saturated heterocycles. The summed E-state index contributed by atoms with van der Waals surface area (Å²) in [5.41, 5.74) is 2.54. The molecule has 0 unspecified atom stereocenters. The Balaban J connectivity index is 0.00000316. The standard InChI is InChI=1S/C31H28N4O5S.CH4/c1-38-27-26-28(22-7-2-3-8-23(22)35(30(26)36)18-21-6-4-5-11-32-21)41-29(27)31(37)34-14-12-33(13-15-34)17-20-9-10-24-25(16-20)40-19-39-24;/h2-11,16H,12-15,17-19H2,1H3;1H4. The normalized spacial score (nSPS) is 14.7. The van der Waals surface area contributed by atoms with Crippen LogP contribution in [-0.2, 0) is 13.1 Å². The van der Waals surface area contributed by atoms with Crippen LogP contribution in [0.15, 0.2) is 71.7 Å². The molecule has 0 saturated carbocycles. The number of carbonyl (C=O) groups is 1. The molecular weight excluding hydrogens is 552 g/mol. The van der Waals surface area contributed by atoms with Crippen molar-refractivity contribution in [3.8, 4) is 17.2 Å². The molecule has 0 aliphatic carbocycles. The van der Waals surface area contributed by atoms with Crippen LogP contribution in [0.4, 0.5) is 0 Å². The van der Waals surface area contributed by atoms with Gasteiger partial charge in [0.1, 0.15) is 10.3 Å². The van der Waals surface area contributed by atoms with E-state index in [1.165, 1.54) is 18.4 Å². The van der Waals surface area contributed by atoms with Crippen LogP contribution in [0.2, 0.25) is 0 Å². The summed E-state index contributed by atoms with van der Waals surface area (Å²) >= 11 is 1.34. The number of hydrogen-bond acceptors (Lipinski definition) is 8. The van der Waals surface area contributed by atoms with Gasteiger partial charge in [-0.3, -0.25) is 19.5 Å². The molecule has 10 heteroatoms. The lowest BCUT2D eigenvalue weighted by Gasteiger charge is -2.34. The molecule has 5 heterocycles. The van der Waals surface area contributed by atoms with E-state index in [0.29, 0.717) is 35.6 Å². The van der Waals surface area contributed by atoms with Gasteiger partial charge in [-0.15, -0.1) is 11.3 Å². The predicted molar refractivity (Wildman–Crippen MR) is 164 cm³/mol. The minimum atomic E-state index is -0.190. The van der Waals surface area contributed by atoms with Crippen molar-refractivity contribution in [1.29, 1.82) is 0 Å². The molecule has 3 aromatic heterocycles. The molecule has 9 nitrogen and oxygen atoms in total. The van der Waals surface area contributed by atoms with E-state index in [-0.39, 0.29) is 25.7 Å². The molecule has 42 heavy (non-hydrogen) atoms. The lowest BCUT2D eigenvalue weighted by Crippen LogP contribution is -2.48. The zero-order valence-electron chi connectivity index (χ0n) is 22.5. The van der Waals surface area contributed by atoms with Crippen LogP contribution < -0.4 is 19.8 Å². The summed E-state index contributed by atoms with van der Waals surface area (Å²) < 4.78 is 19.2. The van der Waals surface area contributed by atoms with Gasteiger partial charge in [0.05, 0.1) is 29.6 Å². The number of amides is 1. The van der Waals surface area contributed by atoms with Gasteiger partial charge in [0.15, 0.2) is 17.2 Å². The van der Waals surface area contributed by atoms with Crippen molar-refractivity contribution in [3.05, 3.63) is 93.3 Å². The number of benzene rings is 2. The van der Waals surface area contributed by atoms with E-state index >= 15 is 0 Å². The third kappa shape index (κ3) is 4.86. The van der Waals surface area contributed by atoms with Crippen LogP contribution in [0.3, 0.4) is 0 Å². The van der Waals surface area contributed by atoms with E-state index in [1.54, 1.807) is 10.8 Å². The lowest BCUT2D eigenvalue weighted by atomic mass is 10.1. The number of methoxy groups -OCH3 is 1. The van der Waals surface area contributed by atoms with E-state index in [9.17, 15) is 9.59 Å². The lowest BCUT2D eigenvalue weighted by molar-refractivity contribution is 0.0630. The Kier molecular flexibility index (Phi) is 7.57. The Morgan fingerprint density at radius 3 is 2.55 bits per heavy atom. The Morgan fingerprint density at radius 2 is 1.76 bits per heavy atom. The molecule has 1 amide bonds. The summed E-state index contributed by atoms with van der Waals surface area (Å²) in [6, 6.07) is 19.5. The number of nitrogens with zero attached hydrogens (tertiary/aromatic N) is 4. The monoisotopic (exact) mass is 584 g/mol. The maximum absolute atomic E-state index is 13.9. The molecule has 2 aliphatic heterocycles. The minimum Gasteiger partial charge on any atom is -0.494 e. The number of para-hydroxylation sites is 1. The second-order valence-electron chi connectivity index (χ2n) is 10.2. The molecule has 0 bridgehead atoms. The molecule has 1 fully saturated rings. The van der Waals surface area contributed by atoms with Crippen molar-refractivity contribution < 1.29 is 19.0 Å². The van der Waals surface area contributed by atoms with Crippen LogP contribution in [-0.4, -0.2) is 65.3 Å². The second kappa shape index (κ2) is 11.5. The van der Waals surface area contributed by atoms with Gasteiger partial charge in [-0.25, -0.2) is 0 Å². The van der Waals surface area contributed by atoms with Gasteiger partial charge in [0, 0.05) is 44.3 Å². The number of aromatic nitrogens is 2. The molecule has 2 aliphatic rings. The Bertz CT molecular complexity index is 1830. The van der Waals surface area contributed by atoms with Crippen molar-refractivity contribution in [2.45, 2.75) is 20.5 Å². The first kappa shape index (κ1) is 27.7. The van der Waals surface area contributed by atoms with E-state index in [4.69, 9.17) is 14.2 Å². The van der Waals surface area contributed by atoms with E-state index in [0.717, 1.165) is 58.0 Å². The highest BCUT2D eigenvalue weighted by atomic mass is 32.1. The molecule has 0 radical (unpaired) electrons. The maximum Gasteiger partial charge on any atom is 0.267 e. The Labute approximate surface area is 247 Å². The molecule has 5 aromatic rings. The average molecular weight is 585 g/mol. The highest BCUT2D eigenvalue weighted by Crippen LogP contribution is 2.40. The molecule has 2 aromatic carbocycles. The predicted octanol–water partition coefficient (Wildman–Crippen LogP) is 4.99. The number of pyridine rings is 2. The van der Waals surface area contributed by atoms with E-state index in [2.05, 4.69) is 16.0 Å². The first-order valence-corrected chi connectivity index (χ1v) is 14.3. The summed E-state index contributed by atoms with van der Waals surface area (Å²) in [5.74, 6) is 1.80. The van der Waals surface area contributed by atoms with E-state index in [1.807, 2.05) is 59.5 Å². The average Bonchev–Trinajstić information content (AvgIpc) is 3.64. The third-order valence-corrected chi connectivity index (χ3v) is 8.90. The highest BCUT2D eigenvalue weighted by molar-refractivity contribution is 7.22. The van der Waals surface area contributed by atoms with Gasteiger partial charge >= 0.3 is 0 Å². The number of thiophene rings is 1. The second-order valence-corrected chi connectivity index (χ2v) is 11.2. The van der Waals surface area contributed by atoms with Gasteiger partial charge < -0.3 is 23.7 Å². The zero-order chi connectivity index (χ0) is 27.9. The fourth-order valence-corrected chi connectivity index (χ4v) is 6.90. The first-order valence-electron chi connectivity index (χ1n) is 13.5. The highest BCUT2D eigenvalue weighted by Gasteiger charge is 2.30. The molecule has 0 N–H and O–H groups in total. The van der Waals surface area contributed by atoms with Gasteiger partial charge in [0.25, 0.3) is 11.5 Å². The number of rotatable bonds is 6. The quantitative estimate of drug-likeness (QED) is 0.278. The molecular formula is C32H32N4O5S. The summed E-state index contributed by atoms with van der Waals surface area (Å²) in [4.78, 5) is 36.9. The largest absolute Gasteiger partial charge is 0.494 e. The summed E-state index contributed by atoms with van der Waals surface area (Å²) in [5, 5.41) is 1.35.